The summed E-state index contributed by atoms with van der Waals surface area (Å²) in [5.41, 5.74) is 2.28. The van der Waals surface area contributed by atoms with E-state index in [1.54, 1.807) is 6.07 Å². The molecule has 0 aliphatic carbocycles. The Balaban J connectivity index is 2.22. The van der Waals surface area contributed by atoms with E-state index in [2.05, 4.69) is 0 Å². The topological polar surface area (TPSA) is 9.23 Å². The van der Waals surface area contributed by atoms with E-state index >= 15 is 0 Å². The summed E-state index contributed by atoms with van der Waals surface area (Å²) < 4.78 is 18.3. The van der Waals surface area contributed by atoms with Crippen molar-refractivity contribution in [3.05, 3.63) is 35.1 Å². The lowest BCUT2D eigenvalue weighted by Gasteiger charge is -2.23. The molecule has 1 aromatic carbocycles. The lowest BCUT2D eigenvalue weighted by Crippen LogP contribution is -2.16. The van der Waals surface area contributed by atoms with Crippen LogP contribution in [0.3, 0.4) is 0 Å². The van der Waals surface area contributed by atoms with Gasteiger partial charge in [-0.1, -0.05) is 6.07 Å². The Labute approximate surface area is 83.9 Å². The second-order valence-corrected chi connectivity index (χ2v) is 3.91. The van der Waals surface area contributed by atoms with Gasteiger partial charge in [-0.05, 0) is 43.0 Å². The van der Waals surface area contributed by atoms with E-state index in [0.29, 0.717) is 5.92 Å². The first-order valence-corrected chi connectivity index (χ1v) is 5.11. The molecular formula is C12H15FO. The zero-order valence-corrected chi connectivity index (χ0v) is 8.42. The van der Waals surface area contributed by atoms with E-state index in [1.807, 2.05) is 13.0 Å². The molecule has 76 valence electrons. The smallest absolute Gasteiger partial charge is 0.123 e. The van der Waals surface area contributed by atoms with Crippen LogP contribution in [0.4, 0.5) is 4.39 Å². The van der Waals surface area contributed by atoms with Crippen molar-refractivity contribution in [1.29, 1.82) is 0 Å². The fraction of sp³-hybridized carbons (Fsp3) is 0.500. The molecule has 1 aliphatic heterocycles. The zero-order valence-electron chi connectivity index (χ0n) is 8.42. The van der Waals surface area contributed by atoms with E-state index in [4.69, 9.17) is 4.74 Å². The number of ether oxygens (including phenoxy) is 1. The summed E-state index contributed by atoms with van der Waals surface area (Å²) in [6.45, 7) is 3.62. The third kappa shape index (κ3) is 1.95. The van der Waals surface area contributed by atoms with E-state index in [-0.39, 0.29) is 5.82 Å². The number of hydrogen-bond acceptors (Lipinski definition) is 1. The highest BCUT2D eigenvalue weighted by Crippen LogP contribution is 2.27. The molecule has 1 heterocycles. The predicted octanol–water partition coefficient (Wildman–Crippen LogP) is 3.03. The summed E-state index contributed by atoms with van der Waals surface area (Å²) >= 11 is 0. The Morgan fingerprint density at radius 3 is 2.93 bits per heavy atom. The molecule has 2 rings (SSSR count). The van der Waals surface area contributed by atoms with Crippen LogP contribution < -0.4 is 0 Å². The van der Waals surface area contributed by atoms with E-state index < -0.39 is 0 Å². The van der Waals surface area contributed by atoms with Gasteiger partial charge < -0.3 is 4.74 Å². The molecule has 1 nitrogen and oxygen atoms in total. The molecule has 0 saturated carbocycles. The van der Waals surface area contributed by atoms with Crippen LogP contribution in [0.2, 0.25) is 0 Å². The lowest BCUT2D eigenvalue weighted by atomic mass is 9.90. The van der Waals surface area contributed by atoms with Crippen LogP contribution in [0.1, 0.15) is 29.9 Å². The van der Waals surface area contributed by atoms with Gasteiger partial charge in [-0.15, -0.1) is 0 Å². The van der Waals surface area contributed by atoms with Gasteiger partial charge in [0.05, 0.1) is 6.61 Å². The van der Waals surface area contributed by atoms with Gasteiger partial charge in [-0.2, -0.15) is 0 Å². The fourth-order valence-corrected chi connectivity index (χ4v) is 2.08. The largest absolute Gasteiger partial charge is 0.381 e. The molecule has 1 aliphatic rings. The minimum Gasteiger partial charge on any atom is -0.381 e. The molecule has 1 aromatic rings. The first kappa shape index (κ1) is 9.66. The van der Waals surface area contributed by atoms with Crippen molar-refractivity contribution in [3.63, 3.8) is 0 Å². The van der Waals surface area contributed by atoms with Crippen molar-refractivity contribution < 1.29 is 9.13 Å². The van der Waals surface area contributed by atoms with Crippen LogP contribution >= 0.6 is 0 Å². The molecule has 0 radical (unpaired) electrons. The van der Waals surface area contributed by atoms with E-state index in [1.165, 1.54) is 11.6 Å². The van der Waals surface area contributed by atoms with Crippen molar-refractivity contribution in [3.8, 4) is 0 Å². The van der Waals surface area contributed by atoms with Crippen molar-refractivity contribution in [2.24, 2.45) is 0 Å². The number of benzene rings is 1. The van der Waals surface area contributed by atoms with Crippen molar-refractivity contribution in [2.75, 3.05) is 13.2 Å². The van der Waals surface area contributed by atoms with Gasteiger partial charge in [0.15, 0.2) is 0 Å². The zero-order chi connectivity index (χ0) is 9.97. The number of rotatable bonds is 1. The normalized spacial score (nSPS) is 22.3. The number of aryl methyl sites for hydroxylation is 1. The number of halogens is 1. The maximum absolute atomic E-state index is 12.9. The van der Waals surface area contributed by atoms with E-state index in [0.717, 1.165) is 31.6 Å². The molecule has 1 saturated heterocycles. The Hall–Kier alpha value is -0.890. The quantitative estimate of drug-likeness (QED) is 0.667. The van der Waals surface area contributed by atoms with Gasteiger partial charge >= 0.3 is 0 Å². The standard InChI is InChI=1S/C12H15FO/c1-9-7-11(13)4-5-12(9)10-3-2-6-14-8-10/h4-5,7,10H,2-3,6,8H2,1H3. The molecule has 0 amide bonds. The second kappa shape index (κ2) is 4.09. The average molecular weight is 194 g/mol. The van der Waals surface area contributed by atoms with Gasteiger partial charge in [-0.25, -0.2) is 4.39 Å². The molecular weight excluding hydrogens is 179 g/mol. The van der Waals surface area contributed by atoms with Crippen molar-refractivity contribution >= 4 is 0 Å². The monoisotopic (exact) mass is 194 g/mol. The van der Waals surface area contributed by atoms with Crippen molar-refractivity contribution in [2.45, 2.75) is 25.7 Å². The molecule has 1 unspecified atom stereocenters. The lowest BCUT2D eigenvalue weighted by molar-refractivity contribution is 0.0802. The van der Waals surface area contributed by atoms with Crippen LogP contribution in [-0.4, -0.2) is 13.2 Å². The molecule has 0 aromatic heterocycles. The number of hydrogen-bond donors (Lipinski definition) is 0. The van der Waals surface area contributed by atoms with Gasteiger partial charge in [-0.3, -0.25) is 0 Å². The Kier molecular flexibility index (Phi) is 2.82. The SMILES string of the molecule is Cc1cc(F)ccc1C1CCCOC1. The minimum atomic E-state index is -0.150. The first-order chi connectivity index (χ1) is 6.77. The highest BCUT2D eigenvalue weighted by molar-refractivity contribution is 5.30. The van der Waals surface area contributed by atoms with Crippen LogP contribution in [0, 0.1) is 12.7 Å². The van der Waals surface area contributed by atoms with Crippen LogP contribution in [0.15, 0.2) is 18.2 Å². The summed E-state index contributed by atoms with van der Waals surface area (Å²) in [4.78, 5) is 0. The molecule has 0 N–H and O–H groups in total. The predicted molar refractivity (Wildman–Crippen MR) is 53.9 cm³/mol. The van der Waals surface area contributed by atoms with Crippen molar-refractivity contribution in [1.82, 2.24) is 0 Å². The Morgan fingerprint density at radius 1 is 1.43 bits per heavy atom. The molecule has 1 fully saturated rings. The van der Waals surface area contributed by atoms with Crippen LogP contribution in [-0.2, 0) is 4.74 Å². The Bertz CT molecular complexity index is 316. The summed E-state index contributed by atoms with van der Waals surface area (Å²) in [5, 5.41) is 0. The third-order valence-corrected chi connectivity index (χ3v) is 2.83. The highest BCUT2D eigenvalue weighted by Gasteiger charge is 2.17. The first-order valence-electron chi connectivity index (χ1n) is 5.11. The second-order valence-electron chi connectivity index (χ2n) is 3.91. The summed E-state index contributed by atoms with van der Waals surface area (Å²) in [5.74, 6) is 0.312. The molecule has 0 spiro atoms. The molecule has 1 atom stereocenters. The third-order valence-electron chi connectivity index (χ3n) is 2.83. The average Bonchev–Trinajstić information content (AvgIpc) is 2.19. The van der Waals surface area contributed by atoms with E-state index in [9.17, 15) is 4.39 Å². The van der Waals surface area contributed by atoms with Gasteiger partial charge in [0.1, 0.15) is 5.82 Å². The molecule has 0 bridgehead atoms. The minimum absolute atomic E-state index is 0.150. The summed E-state index contributed by atoms with van der Waals surface area (Å²) in [6.07, 6.45) is 2.27. The summed E-state index contributed by atoms with van der Waals surface area (Å²) in [7, 11) is 0. The maximum atomic E-state index is 12.9. The maximum Gasteiger partial charge on any atom is 0.123 e. The highest BCUT2D eigenvalue weighted by atomic mass is 19.1. The van der Waals surface area contributed by atoms with Gasteiger partial charge in [0.2, 0.25) is 0 Å². The molecule has 14 heavy (non-hydrogen) atoms. The van der Waals surface area contributed by atoms with Crippen LogP contribution in [0.5, 0.6) is 0 Å². The van der Waals surface area contributed by atoms with Crippen LogP contribution in [0.25, 0.3) is 0 Å². The fourth-order valence-electron chi connectivity index (χ4n) is 2.08. The Morgan fingerprint density at radius 2 is 2.29 bits per heavy atom. The molecule has 2 heteroatoms. The van der Waals surface area contributed by atoms with Gasteiger partial charge in [0.25, 0.3) is 0 Å². The van der Waals surface area contributed by atoms with Gasteiger partial charge in [0, 0.05) is 12.5 Å². The summed E-state index contributed by atoms with van der Waals surface area (Å²) in [6, 6.07) is 5.03.